The minimum atomic E-state index is -1.21. The number of hydrogen-bond donors (Lipinski definition) is 2. The first-order chi connectivity index (χ1) is 13.8. The number of halogens is 1. The number of aromatic nitrogens is 1. The molecular formula is C20H22FN3O5. The number of methoxy groups -OCH3 is 1. The number of rotatable bonds is 9. The Kier molecular flexibility index (Phi) is 7.79. The summed E-state index contributed by atoms with van der Waals surface area (Å²) in [6.07, 6.45) is 3.36. The fourth-order valence-electron chi connectivity index (χ4n) is 2.70. The molecule has 0 fully saturated rings. The minimum absolute atomic E-state index is 0.0368. The third-order valence-electron chi connectivity index (χ3n) is 4.29. The van der Waals surface area contributed by atoms with Crippen LogP contribution in [0.3, 0.4) is 0 Å². The van der Waals surface area contributed by atoms with Gasteiger partial charge in [0.1, 0.15) is 5.82 Å². The average Bonchev–Trinajstić information content (AvgIpc) is 2.72. The van der Waals surface area contributed by atoms with Crippen LogP contribution in [0.2, 0.25) is 0 Å². The lowest BCUT2D eigenvalue weighted by Crippen LogP contribution is -2.45. The second kappa shape index (κ2) is 10.3. The first-order valence-corrected chi connectivity index (χ1v) is 8.83. The van der Waals surface area contributed by atoms with E-state index in [1.54, 1.807) is 18.5 Å². The van der Waals surface area contributed by atoms with E-state index in [2.05, 4.69) is 9.72 Å². The van der Waals surface area contributed by atoms with E-state index >= 15 is 0 Å². The molecule has 154 valence electrons. The Bertz CT molecular complexity index is 876. The molecule has 0 bridgehead atoms. The van der Waals surface area contributed by atoms with Crippen molar-refractivity contribution in [1.29, 1.82) is 0 Å². The van der Waals surface area contributed by atoms with Crippen molar-refractivity contribution in [2.75, 3.05) is 13.7 Å². The lowest BCUT2D eigenvalue weighted by Gasteiger charge is -2.26. The van der Waals surface area contributed by atoms with Crippen LogP contribution in [0.25, 0.3) is 0 Å². The van der Waals surface area contributed by atoms with Crippen LogP contribution < -0.4 is 5.73 Å². The number of ether oxygens (including phenoxy) is 1. The highest BCUT2D eigenvalue weighted by Crippen LogP contribution is 2.15. The predicted octanol–water partition coefficient (Wildman–Crippen LogP) is 1.38. The van der Waals surface area contributed by atoms with Gasteiger partial charge in [-0.05, 0) is 36.2 Å². The summed E-state index contributed by atoms with van der Waals surface area (Å²) in [4.78, 5) is 40.7. The van der Waals surface area contributed by atoms with Gasteiger partial charge < -0.3 is 20.5 Å². The van der Waals surface area contributed by atoms with Crippen molar-refractivity contribution in [3.63, 3.8) is 0 Å². The largest absolute Gasteiger partial charge is 0.478 e. The molecule has 9 heteroatoms. The lowest BCUT2D eigenvalue weighted by atomic mass is 10.1. The second-order valence-electron chi connectivity index (χ2n) is 6.37. The quantitative estimate of drug-likeness (QED) is 0.606. The van der Waals surface area contributed by atoms with Crippen LogP contribution in [0, 0.1) is 5.82 Å². The number of benzene rings is 1. The third kappa shape index (κ3) is 6.35. The zero-order valence-corrected chi connectivity index (χ0v) is 15.9. The fraction of sp³-hybridized carbons (Fsp3) is 0.300. The van der Waals surface area contributed by atoms with Gasteiger partial charge in [0.25, 0.3) is 0 Å². The number of nitrogens with two attached hydrogens (primary N) is 1. The maximum Gasteiger partial charge on any atom is 0.335 e. The number of carboxylic acids is 1. The molecule has 1 atom stereocenters. The molecule has 29 heavy (non-hydrogen) atoms. The molecule has 8 nitrogen and oxygen atoms in total. The topological polar surface area (TPSA) is 123 Å². The SMILES string of the molecule is COC(=O)C[C@H](N)C(=O)N(CCc1cccnc1)Cc1cc(C(=O)O)ccc1F. The molecule has 0 aliphatic heterocycles. The van der Waals surface area contributed by atoms with Crippen LogP contribution in [-0.4, -0.2) is 52.5 Å². The van der Waals surface area contributed by atoms with E-state index in [1.165, 1.54) is 18.1 Å². The van der Waals surface area contributed by atoms with Gasteiger partial charge in [-0.2, -0.15) is 0 Å². The third-order valence-corrected chi connectivity index (χ3v) is 4.29. The summed E-state index contributed by atoms with van der Waals surface area (Å²) in [5.74, 6) is -3.06. The Morgan fingerprint density at radius 3 is 2.69 bits per heavy atom. The molecular weight excluding hydrogens is 381 g/mol. The van der Waals surface area contributed by atoms with Crippen molar-refractivity contribution in [2.45, 2.75) is 25.4 Å². The van der Waals surface area contributed by atoms with Crippen molar-refractivity contribution < 1.29 is 28.6 Å². The van der Waals surface area contributed by atoms with E-state index in [9.17, 15) is 18.8 Å². The maximum atomic E-state index is 14.2. The molecule has 0 aliphatic carbocycles. The number of pyridine rings is 1. The molecule has 1 heterocycles. The molecule has 2 aromatic rings. The first kappa shape index (κ1) is 22.0. The smallest absolute Gasteiger partial charge is 0.335 e. The molecule has 0 saturated carbocycles. The van der Waals surface area contributed by atoms with Gasteiger partial charge in [-0.1, -0.05) is 6.07 Å². The number of esters is 1. The highest BCUT2D eigenvalue weighted by Gasteiger charge is 2.25. The van der Waals surface area contributed by atoms with E-state index in [0.29, 0.717) is 6.42 Å². The van der Waals surface area contributed by atoms with Crippen LogP contribution in [0.4, 0.5) is 4.39 Å². The number of nitrogens with zero attached hydrogens (tertiary/aromatic N) is 2. The summed E-state index contributed by atoms with van der Waals surface area (Å²) >= 11 is 0. The average molecular weight is 403 g/mol. The minimum Gasteiger partial charge on any atom is -0.478 e. The zero-order valence-electron chi connectivity index (χ0n) is 15.9. The molecule has 0 aliphatic rings. The molecule has 1 aromatic carbocycles. The van der Waals surface area contributed by atoms with E-state index in [4.69, 9.17) is 10.8 Å². The summed E-state index contributed by atoms with van der Waals surface area (Å²) in [5.41, 5.74) is 6.63. The molecule has 0 radical (unpaired) electrons. The van der Waals surface area contributed by atoms with Crippen molar-refractivity contribution in [3.8, 4) is 0 Å². The molecule has 2 rings (SSSR count). The fourth-order valence-corrected chi connectivity index (χ4v) is 2.70. The Morgan fingerprint density at radius 2 is 2.07 bits per heavy atom. The molecule has 0 unspecified atom stereocenters. The normalized spacial score (nSPS) is 11.6. The lowest BCUT2D eigenvalue weighted by molar-refractivity contribution is -0.144. The van der Waals surface area contributed by atoms with Gasteiger partial charge in [0.15, 0.2) is 0 Å². The number of hydrogen-bond acceptors (Lipinski definition) is 6. The summed E-state index contributed by atoms with van der Waals surface area (Å²) in [5, 5.41) is 9.13. The van der Waals surface area contributed by atoms with Gasteiger partial charge in [0, 0.05) is 31.0 Å². The number of carboxylic acid groups (broad SMARTS) is 1. The monoisotopic (exact) mass is 403 g/mol. The van der Waals surface area contributed by atoms with Gasteiger partial charge in [-0.15, -0.1) is 0 Å². The zero-order chi connectivity index (χ0) is 21.4. The Morgan fingerprint density at radius 1 is 1.31 bits per heavy atom. The van der Waals surface area contributed by atoms with Crippen molar-refractivity contribution in [3.05, 3.63) is 65.2 Å². The summed E-state index contributed by atoms with van der Waals surface area (Å²) in [6.45, 7) is -0.0168. The maximum absolute atomic E-state index is 14.2. The van der Waals surface area contributed by atoms with Crippen molar-refractivity contribution >= 4 is 17.8 Å². The van der Waals surface area contributed by atoms with Crippen LogP contribution in [0.15, 0.2) is 42.7 Å². The highest BCUT2D eigenvalue weighted by atomic mass is 19.1. The number of aromatic carboxylic acids is 1. The van der Waals surface area contributed by atoms with E-state index in [0.717, 1.165) is 17.7 Å². The molecule has 1 amide bonds. The van der Waals surface area contributed by atoms with Crippen LogP contribution in [-0.2, 0) is 27.3 Å². The van der Waals surface area contributed by atoms with Crippen LogP contribution in [0.5, 0.6) is 0 Å². The van der Waals surface area contributed by atoms with Crippen molar-refractivity contribution in [2.24, 2.45) is 5.73 Å². The summed E-state index contributed by atoms with van der Waals surface area (Å²) < 4.78 is 18.8. The first-order valence-electron chi connectivity index (χ1n) is 8.83. The number of carbonyl (C=O) groups excluding carboxylic acids is 2. The van der Waals surface area contributed by atoms with Crippen LogP contribution in [0.1, 0.15) is 27.9 Å². The Hall–Kier alpha value is -3.33. The van der Waals surface area contributed by atoms with Gasteiger partial charge in [-0.3, -0.25) is 14.6 Å². The standard InChI is InChI=1S/C20H22FN3O5/c1-29-18(25)10-17(22)19(26)24(8-6-13-3-2-7-23-11-13)12-15-9-14(20(27)28)4-5-16(15)21/h2-5,7,9,11,17H,6,8,10,12,22H2,1H3,(H,27,28)/t17-/m0/s1. The Labute approximate surface area is 167 Å². The summed E-state index contributed by atoms with van der Waals surface area (Å²) in [6, 6.07) is 5.77. The predicted molar refractivity (Wildman–Crippen MR) is 101 cm³/mol. The Balaban J connectivity index is 2.23. The summed E-state index contributed by atoms with van der Waals surface area (Å²) in [7, 11) is 1.19. The number of amides is 1. The van der Waals surface area contributed by atoms with Gasteiger partial charge in [-0.25, -0.2) is 9.18 Å². The van der Waals surface area contributed by atoms with Gasteiger partial charge >= 0.3 is 11.9 Å². The molecule has 3 N–H and O–H groups in total. The van der Waals surface area contributed by atoms with E-state index < -0.39 is 29.7 Å². The van der Waals surface area contributed by atoms with Crippen molar-refractivity contribution in [1.82, 2.24) is 9.88 Å². The van der Waals surface area contributed by atoms with Crippen LogP contribution >= 0.6 is 0 Å². The van der Waals surface area contributed by atoms with E-state index in [-0.39, 0.29) is 30.6 Å². The molecule has 1 aromatic heterocycles. The second-order valence-corrected chi connectivity index (χ2v) is 6.37. The molecule has 0 spiro atoms. The van der Waals surface area contributed by atoms with E-state index in [1.807, 2.05) is 6.07 Å². The molecule has 0 saturated heterocycles. The van der Waals surface area contributed by atoms with Gasteiger partial charge in [0.2, 0.25) is 5.91 Å². The van der Waals surface area contributed by atoms with Gasteiger partial charge in [0.05, 0.1) is 25.1 Å². The highest BCUT2D eigenvalue weighted by molar-refractivity contribution is 5.88. The number of carbonyl (C=O) groups is 3.